The van der Waals surface area contributed by atoms with Crippen LogP contribution in [-0.2, 0) is 6.54 Å². The molecule has 0 aliphatic carbocycles. The lowest BCUT2D eigenvalue weighted by molar-refractivity contribution is 0.594. The van der Waals surface area contributed by atoms with Crippen LogP contribution in [0.2, 0.25) is 0 Å². The third-order valence-electron chi connectivity index (χ3n) is 4.62. The van der Waals surface area contributed by atoms with Crippen LogP contribution < -0.4 is 15.1 Å². The van der Waals surface area contributed by atoms with E-state index >= 15 is 0 Å². The van der Waals surface area contributed by atoms with Crippen LogP contribution in [0.4, 0.5) is 21.8 Å². The van der Waals surface area contributed by atoms with Gasteiger partial charge in [0.15, 0.2) is 0 Å². The van der Waals surface area contributed by atoms with Crippen molar-refractivity contribution in [3.8, 4) is 0 Å². The molecule has 3 aromatic rings. The minimum atomic E-state index is -0.176. The first kappa shape index (κ1) is 17.2. The van der Waals surface area contributed by atoms with Gasteiger partial charge in [0.05, 0.1) is 5.69 Å². The summed E-state index contributed by atoms with van der Waals surface area (Å²) in [4.78, 5) is 17.3. The van der Waals surface area contributed by atoms with Gasteiger partial charge in [-0.2, -0.15) is 4.98 Å². The van der Waals surface area contributed by atoms with Gasteiger partial charge in [0.2, 0.25) is 5.95 Å². The molecule has 0 atom stereocenters. The summed E-state index contributed by atoms with van der Waals surface area (Å²) >= 11 is 0. The normalized spacial score (nSPS) is 14.3. The number of hydrogen-bond acceptors (Lipinski definition) is 6. The van der Waals surface area contributed by atoms with Crippen molar-refractivity contribution >= 4 is 17.5 Å². The third-order valence-corrected chi connectivity index (χ3v) is 4.62. The van der Waals surface area contributed by atoms with Crippen LogP contribution in [0.25, 0.3) is 0 Å². The Morgan fingerprint density at radius 3 is 2.41 bits per heavy atom. The van der Waals surface area contributed by atoms with Crippen LogP contribution in [0.3, 0.4) is 0 Å². The Balaban J connectivity index is 1.38. The Morgan fingerprint density at radius 1 is 0.889 bits per heavy atom. The lowest BCUT2D eigenvalue weighted by Crippen LogP contribution is -2.47. The average Bonchev–Trinajstić information content (AvgIpc) is 2.74. The Labute approximate surface area is 157 Å². The van der Waals surface area contributed by atoms with Crippen LogP contribution in [0.15, 0.2) is 61.1 Å². The first-order valence-corrected chi connectivity index (χ1v) is 9.00. The summed E-state index contributed by atoms with van der Waals surface area (Å²) in [6.45, 7) is 3.66. The topological polar surface area (TPSA) is 57.2 Å². The molecule has 0 amide bonds. The fourth-order valence-electron chi connectivity index (χ4n) is 3.15. The maximum Gasteiger partial charge on any atom is 0.227 e. The number of nitrogens with one attached hydrogen (secondary N) is 1. The second kappa shape index (κ2) is 7.99. The molecule has 6 nitrogen and oxygen atoms in total. The Bertz CT molecular complexity index is 880. The largest absolute Gasteiger partial charge is 0.366 e. The fraction of sp³-hybridized carbons (Fsp3) is 0.250. The quantitative estimate of drug-likeness (QED) is 0.751. The molecule has 1 N–H and O–H groups in total. The maximum absolute atomic E-state index is 14.0. The number of hydrogen-bond donors (Lipinski definition) is 1. The van der Waals surface area contributed by atoms with E-state index in [1.165, 1.54) is 6.07 Å². The van der Waals surface area contributed by atoms with Gasteiger partial charge in [0.1, 0.15) is 11.6 Å². The minimum absolute atomic E-state index is 0.176. The maximum atomic E-state index is 14.0. The summed E-state index contributed by atoms with van der Waals surface area (Å²) < 4.78 is 14.0. The highest BCUT2D eigenvalue weighted by Crippen LogP contribution is 2.21. The van der Waals surface area contributed by atoms with Gasteiger partial charge in [-0.05, 0) is 35.9 Å². The molecule has 1 saturated heterocycles. The molecule has 1 aromatic carbocycles. The van der Waals surface area contributed by atoms with Crippen LogP contribution in [0.5, 0.6) is 0 Å². The molecule has 1 aliphatic rings. The van der Waals surface area contributed by atoms with E-state index in [1.54, 1.807) is 24.7 Å². The summed E-state index contributed by atoms with van der Waals surface area (Å²) in [7, 11) is 0. The molecule has 0 radical (unpaired) electrons. The highest BCUT2D eigenvalue weighted by molar-refractivity contribution is 5.50. The van der Waals surface area contributed by atoms with Gasteiger partial charge >= 0.3 is 0 Å². The van der Waals surface area contributed by atoms with Crippen molar-refractivity contribution in [3.63, 3.8) is 0 Å². The SMILES string of the molecule is Fc1ccccc1N1CCN(c2nccc(NCc3ccncc3)n2)CC1. The van der Waals surface area contributed by atoms with Crippen LogP contribution in [0.1, 0.15) is 5.56 Å². The molecular weight excluding hydrogens is 343 g/mol. The predicted octanol–water partition coefficient (Wildman–Crippen LogP) is 2.95. The van der Waals surface area contributed by atoms with E-state index in [4.69, 9.17) is 0 Å². The third kappa shape index (κ3) is 4.13. The highest BCUT2D eigenvalue weighted by Gasteiger charge is 2.21. The summed E-state index contributed by atoms with van der Waals surface area (Å²) in [5.74, 6) is 1.31. The molecule has 0 unspecified atom stereocenters. The van der Waals surface area contributed by atoms with Gasteiger partial charge in [-0.25, -0.2) is 9.37 Å². The van der Waals surface area contributed by atoms with Crippen molar-refractivity contribution in [1.29, 1.82) is 0 Å². The Morgan fingerprint density at radius 2 is 1.63 bits per heavy atom. The average molecular weight is 364 g/mol. The van der Waals surface area contributed by atoms with Crippen molar-refractivity contribution in [2.24, 2.45) is 0 Å². The summed E-state index contributed by atoms with van der Waals surface area (Å²) in [6.07, 6.45) is 5.31. The van der Waals surface area contributed by atoms with Crippen LogP contribution >= 0.6 is 0 Å². The van der Waals surface area contributed by atoms with E-state index in [0.29, 0.717) is 18.2 Å². The number of piperazine rings is 1. The van der Waals surface area contributed by atoms with Crippen molar-refractivity contribution in [3.05, 3.63) is 72.4 Å². The number of pyridine rings is 1. The lowest BCUT2D eigenvalue weighted by atomic mass is 10.2. The number of anilines is 3. The van der Waals surface area contributed by atoms with E-state index < -0.39 is 0 Å². The smallest absolute Gasteiger partial charge is 0.227 e. The first-order chi connectivity index (χ1) is 13.3. The molecule has 27 heavy (non-hydrogen) atoms. The van der Waals surface area contributed by atoms with Crippen molar-refractivity contribution in [2.45, 2.75) is 6.54 Å². The Kier molecular flexibility index (Phi) is 5.09. The molecule has 1 aliphatic heterocycles. The molecule has 1 fully saturated rings. The van der Waals surface area contributed by atoms with Crippen molar-refractivity contribution < 1.29 is 4.39 Å². The number of halogens is 1. The number of benzene rings is 1. The van der Waals surface area contributed by atoms with Crippen LogP contribution in [-0.4, -0.2) is 41.1 Å². The standard InChI is InChI=1S/C20H21FN6/c21-17-3-1-2-4-18(17)26-11-13-27(14-12-26)20-23-10-7-19(25-20)24-15-16-5-8-22-9-6-16/h1-10H,11-15H2,(H,23,24,25). The van der Waals surface area contributed by atoms with E-state index in [-0.39, 0.29) is 5.82 Å². The molecule has 0 spiro atoms. The second-order valence-corrected chi connectivity index (χ2v) is 6.38. The summed E-state index contributed by atoms with van der Waals surface area (Å²) in [5, 5.41) is 3.32. The minimum Gasteiger partial charge on any atom is -0.366 e. The van der Waals surface area contributed by atoms with Gasteiger partial charge in [-0.1, -0.05) is 12.1 Å². The van der Waals surface area contributed by atoms with E-state index in [1.807, 2.05) is 30.3 Å². The molecule has 2 aromatic heterocycles. The van der Waals surface area contributed by atoms with Crippen molar-refractivity contribution in [1.82, 2.24) is 15.0 Å². The van der Waals surface area contributed by atoms with E-state index in [0.717, 1.165) is 37.6 Å². The van der Waals surface area contributed by atoms with E-state index in [2.05, 4.69) is 30.1 Å². The number of rotatable bonds is 5. The zero-order chi connectivity index (χ0) is 18.5. The lowest BCUT2D eigenvalue weighted by Gasteiger charge is -2.36. The molecule has 0 saturated carbocycles. The first-order valence-electron chi connectivity index (χ1n) is 9.00. The van der Waals surface area contributed by atoms with Gasteiger partial charge in [-0.3, -0.25) is 4.98 Å². The van der Waals surface area contributed by atoms with Gasteiger partial charge < -0.3 is 15.1 Å². The molecular formula is C20H21FN6. The van der Waals surface area contributed by atoms with E-state index in [9.17, 15) is 4.39 Å². The zero-order valence-corrected chi connectivity index (χ0v) is 14.9. The Hall–Kier alpha value is -3.22. The molecule has 138 valence electrons. The summed E-state index contributed by atoms with van der Waals surface area (Å²) in [6, 6.07) is 12.7. The highest BCUT2D eigenvalue weighted by atomic mass is 19.1. The fourth-order valence-corrected chi connectivity index (χ4v) is 3.15. The zero-order valence-electron chi connectivity index (χ0n) is 14.9. The van der Waals surface area contributed by atoms with Gasteiger partial charge in [-0.15, -0.1) is 0 Å². The number of para-hydroxylation sites is 1. The molecule has 7 heteroatoms. The number of nitrogens with zero attached hydrogens (tertiary/aromatic N) is 5. The van der Waals surface area contributed by atoms with Crippen molar-refractivity contribution in [2.75, 3.05) is 41.3 Å². The molecule has 4 rings (SSSR count). The molecule has 0 bridgehead atoms. The predicted molar refractivity (Wildman–Crippen MR) is 104 cm³/mol. The summed E-state index contributed by atoms with van der Waals surface area (Å²) in [5.41, 5.74) is 1.80. The van der Waals surface area contributed by atoms with Gasteiger partial charge in [0, 0.05) is 51.3 Å². The van der Waals surface area contributed by atoms with Gasteiger partial charge in [0.25, 0.3) is 0 Å². The van der Waals surface area contributed by atoms with Crippen LogP contribution in [0, 0.1) is 5.82 Å². The number of aromatic nitrogens is 3. The monoisotopic (exact) mass is 364 g/mol. The second-order valence-electron chi connectivity index (χ2n) is 6.38. The molecule has 3 heterocycles.